The number of hydrogen-bond donors (Lipinski definition) is 3. The monoisotopic (exact) mass is 257 g/mol. The van der Waals surface area contributed by atoms with Crippen LogP contribution in [-0.4, -0.2) is 22.7 Å². The summed E-state index contributed by atoms with van der Waals surface area (Å²) >= 11 is 0. The van der Waals surface area contributed by atoms with Crippen LogP contribution in [0.15, 0.2) is 35.2 Å². The molecule has 0 saturated carbocycles. The molecule has 1 amide bonds. The molecule has 0 aliphatic carbocycles. The fourth-order valence-corrected chi connectivity index (χ4v) is 1.48. The molecule has 6 heteroatoms. The van der Waals surface area contributed by atoms with E-state index in [9.17, 15) is 4.79 Å². The lowest BCUT2D eigenvalue weighted by molar-refractivity contribution is 0.196. The van der Waals surface area contributed by atoms with Crippen molar-refractivity contribution in [2.75, 3.05) is 12.3 Å². The highest BCUT2D eigenvalue weighted by Crippen LogP contribution is 2.25. The van der Waals surface area contributed by atoms with Gasteiger partial charge in [0.2, 0.25) is 0 Å². The molecule has 0 aliphatic heterocycles. The lowest BCUT2D eigenvalue weighted by Gasteiger charge is -2.02. The topological polar surface area (TPSA) is 101 Å². The number of carboxylic acid groups (broad SMARTS) is 1. The van der Waals surface area contributed by atoms with Crippen LogP contribution >= 0.6 is 0 Å². The van der Waals surface area contributed by atoms with Gasteiger partial charge < -0.3 is 20.6 Å². The Balaban J connectivity index is 2.28. The number of aromatic nitrogens is 1. The molecule has 0 spiro atoms. The van der Waals surface area contributed by atoms with E-state index in [0.29, 0.717) is 17.0 Å². The molecule has 4 N–H and O–H groups in total. The number of nitrogens with one attached hydrogen (secondary N) is 1. The third-order valence-corrected chi connectivity index (χ3v) is 2.29. The zero-order valence-corrected chi connectivity index (χ0v) is 9.88. The molecule has 1 aromatic carbocycles. The number of nitrogens with two attached hydrogens (primary N) is 1. The van der Waals surface area contributed by atoms with E-state index in [-0.39, 0.29) is 6.54 Å². The molecule has 96 valence electrons. The van der Waals surface area contributed by atoms with Crippen LogP contribution in [0.25, 0.3) is 11.3 Å². The number of nitrogen functional groups attached to an aromatic ring is 1. The highest BCUT2D eigenvalue weighted by Gasteiger charge is 2.07. The quantitative estimate of drug-likeness (QED) is 0.559. The third kappa shape index (κ3) is 3.26. The summed E-state index contributed by atoms with van der Waals surface area (Å²) in [6, 6.07) is 5.20. The minimum absolute atomic E-state index is 0.0511. The Labute approximate surface area is 109 Å². The molecule has 6 nitrogen and oxygen atoms in total. The van der Waals surface area contributed by atoms with E-state index >= 15 is 0 Å². The minimum atomic E-state index is -1.11. The molecule has 0 saturated heterocycles. The van der Waals surface area contributed by atoms with Crippen LogP contribution in [0.5, 0.6) is 0 Å². The van der Waals surface area contributed by atoms with Gasteiger partial charge in [0.05, 0.1) is 12.7 Å². The summed E-state index contributed by atoms with van der Waals surface area (Å²) in [5.74, 6) is 6.13. The number of nitrogens with zero attached hydrogens (tertiary/aromatic N) is 1. The molecular weight excluding hydrogens is 246 g/mol. The van der Waals surface area contributed by atoms with E-state index in [1.165, 1.54) is 6.39 Å². The van der Waals surface area contributed by atoms with Gasteiger partial charge in [0, 0.05) is 16.8 Å². The second-order valence-corrected chi connectivity index (χ2v) is 3.63. The third-order valence-electron chi connectivity index (χ3n) is 2.29. The first-order valence-corrected chi connectivity index (χ1v) is 5.41. The number of anilines is 1. The first-order valence-electron chi connectivity index (χ1n) is 5.41. The molecule has 2 rings (SSSR count). The fourth-order valence-electron chi connectivity index (χ4n) is 1.48. The highest BCUT2D eigenvalue weighted by atomic mass is 16.4. The standard InChI is InChI=1S/C13H11N3O3/c14-10-4-3-9(2-1-5-16-13(17)18)11(6-10)12-7-15-8-19-12/h3-4,6-8,16H,5,14H2,(H,17,18). The molecule has 0 aliphatic rings. The summed E-state index contributed by atoms with van der Waals surface area (Å²) < 4.78 is 5.22. The molecular formula is C13H11N3O3. The van der Waals surface area contributed by atoms with Crippen LogP contribution in [0.3, 0.4) is 0 Å². The molecule has 19 heavy (non-hydrogen) atoms. The largest absolute Gasteiger partial charge is 0.465 e. The number of hydrogen-bond acceptors (Lipinski definition) is 4. The summed E-state index contributed by atoms with van der Waals surface area (Å²) in [5.41, 5.74) is 7.73. The Hall–Kier alpha value is -2.94. The van der Waals surface area contributed by atoms with Gasteiger partial charge >= 0.3 is 6.09 Å². The van der Waals surface area contributed by atoms with E-state index in [1.807, 2.05) is 0 Å². The summed E-state index contributed by atoms with van der Waals surface area (Å²) in [6.07, 6.45) is 1.78. The van der Waals surface area contributed by atoms with Crippen LogP contribution in [-0.2, 0) is 0 Å². The number of oxazole rings is 1. The van der Waals surface area contributed by atoms with Crippen molar-refractivity contribution in [2.45, 2.75) is 0 Å². The maximum absolute atomic E-state index is 10.3. The number of carbonyl (C=O) groups is 1. The van der Waals surface area contributed by atoms with Crippen molar-refractivity contribution in [3.8, 4) is 23.2 Å². The summed E-state index contributed by atoms with van der Waals surface area (Å²) in [6.45, 7) is 0.0511. The van der Waals surface area contributed by atoms with Crippen LogP contribution < -0.4 is 11.1 Å². The highest BCUT2D eigenvalue weighted by molar-refractivity contribution is 5.70. The Morgan fingerprint density at radius 3 is 3.05 bits per heavy atom. The van der Waals surface area contributed by atoms with Gasteiger partial charge in [0.1, 0.15) is 0 Å². The van der Waals surface area contributed by atoms with Gasteiger partial charge in [0.25, 0.3) is 0 Å². The van der Waals surface area contributed by atoms with Gasteiger partial charge in [-0.1, -0.05) is 11.8 Å². The number of benzene rings is 1. The predicted octanol–water partition coefficient (Wildman–Crippen LogP) is 1.54. The molecule has 0 unspecified atom stereocenters. The Bertz CT molecular complexity index is 639. The Morgan fingerprint density at radius 2 is 2.37 bits per heavy atom. The zero-order valence-electron chi connectivity index (χ0n) is 9.88. The predicted molar refractivity (Wildman–Crippen MR) is 69.3 cm³/mol. The molecule has 0 fully saturated rings. The summed E-state index contributed by atoms with van der Waals surface area (Å²) in [7, 11) is 0. The van der Waals surface area contributed by atoms with Gasteiger partial charge in [-0.25, -0.2) is 9.78 Å². The van der Waals surface area contributed by atoms with Gasteiger partial charge in [0.15, 0.2) is 12.2 Å². The number of rotatable bonds is 2. The molecule has 2 aromatic rings. The maximum atomic E-state index is 10.3. The Morgan fingerprint density at radius 1 is 1.53 bits per heavy atom. The molecule has 0 bridgehead atoms. The average molecular weight is 257 g/mol. The van der Waals surface area contributed by atoms with Gasteiger partial charge in [-0.3, -0.25) is 0 Å². The van der Waals surface area contributed by atoms with Crippen LogP contribution in [0.4, 0.5) is 10.5 Å². The van der Waals surface area contributed by atoms with Gasteiger partial charge in [-0.05, 0) is 18.2 Å². The molecule has 1 aromatic heterocycles. The van der Waals surface area contributed by atoms with E-state index in [0.717, 1.165) is 5.56 Å². The molecule has 0 radical (unpaired) electrons. The lowest BCUT2D eigenvalue weighted by Crippen LogP contribution is -2.20. The van der Waals surface area contributed by atoms with E-state index in [2.05, 4.69) is 22.1 Å². The zero-order chi connectivity index (χ0) is 13.7. The van der Waals surface area contributed by atoms with Crippen LogP contribution in [0.1, 0.15) is 5.56 Å². The van der Waals surface area contributed by atoms with E-state index in [4.69, 9.17) is 15.3 Å². The van der Waals surface area contributed by atoms with Crippen molar-refractivity contribution >= 4 is 11.8 Å². The van der Waals surface area contributed by atoms with Crippen molar-refractivity contribution in [1.82, 2.24) is 10.3 Å². The lowest BCUT2D eigenvalue weighted by atomic mass is 10.1. The van der Waals surface area contributed by atoms with Crippen molar-refractivity contribution in [3.05, 3.63) is 36.4 Å². The maximum Gasteiger partial charge on any atom is 0.405 e. The second kappa shape index (κ2) is 5.60. The van der Waals surface area contributed by atoms with Crippen molar-refractivity contribution in [3.63, 3.8) is 0 Å². The second-order valence-electron chi connectivity index (χ2n) is 3.63. The molecule has 0 atom stereocenters. The average Bonchev–Trinajstić information content (AvgIpc) is 2.89. The van der Waals surface area contributed by atoms with Crippen molar-refractivity contribution < 1.29 is 14.3 Å². The van der Waals surface area contributed by atoms with E-state index in [1.54, 1.807) is 24.4 Å². The fraction of sp³-hybridized carbons (Fsp3) is 0.0769. The SMILES string of the molecule is Nc1ccc(C#CCNC(=O)O)c(-c2cnco2)c1. The summed E-state index contributed by atoms with van der Waals surface area (Å²) in [5, 5.41) is 10.6. The van der Waals surface area contributed by atoms with Crippen molar-refractivity contribution in [2.24, 2.45) is 0 Å². The van der Waals surface area contributed by atoms with Gasteiger partial charge in [-0.15, -0.1) is 0 Å². The van der Waals surface area contributed by atoms with Gasteiger partial charge in [-0.2, -0.15) is 0 Å². The normalized spacial score (nSPS) is 9.47. The first-order chi connectivity index (χ1) is 9.16. The van der Waals surface area contributed by atoms with Crippen LogP contribution in [0.2, 0.25) is 0 Å². The molecule has 1 heterocycles. The summed E-state index contributed by atoms with van der Waals surface area (Å²) in [4.78, 5) is 14.1. The van der Waals surface area contributed by atoms with Crippen LogP contribution in [0, 0.1) is 11.8 Å². The van der Waals surface area contributed by atoms with Crippen molar-refractivity contribution in [1.29, 1.82) is 0 Å². The minimum Gasteiger partial charge on any atom is -0.465 e. The van der Waals surface area contributed by atoms with E-state index < -0.39 is 6.09 Å². The number of amides is 1. The smallest absolute Gasteiger partial charge is 0.405 e. The first kappa shape index (κ1) is 12.5. The Kier molecular flexibility index (Phi) is 3.69.